The van der Waals surface area contributed by atoms with Gasteiger partial charge in [0.25, 0.3) is 5.56 Å². The molecule has 0 fully saturated rings. The van der Waals surface area contributed by atoms with E-state index >= 15 is 0 Å². The second-order valence-corrected chi connectivity index (χ2v) is 6.72. The average Bonchev–Trinajstić information content (AvgIpc) is 2.79. The Morgan fingerprint density at radius 2 is 1.74 bits per heavy atom. The smallest absolute Gasteiger partial charge is 0.337 e. The van der Waals surface area contributed by atoms with Crippen molar-refractivity contribution in [2.24, 2.45) is 0 Å². The highest BCUT2D eigenvalue weighted by molar-refractivity contribution is 5.90. The highest BCUT2D eigenvalue weighted by Crippen LogP contribution is 2.16. The monoisotopic (exact) mass is 416 g/mol. The normalized spacial score (nSPS) is 10.7. The van der Waals surface area contributed by atoms with Crippen molar-refractivity contribution in [3.63, 3.8) is 0 Å². The molecule has 31 heavy (non-hydrogen) atoms. The molecule has 8 nitrogen and oxygen atoms in total. The molecule has 0 bridgehead atoms. The molecule has 4 aromatic rings. The Labute approximate surface area is 177 Å². The lowest BCUT2D eigenvalue weighted by atomic mass is 10.2. The van der Waals surface area contributed by atoms with Gasteiger partial charge in [0.15, 0.2) is 5.65 Å². The van der Waals surface area contributed by atoms with E-state index in [9.17, 15) is 14.4 Å². The maximum absolute atomic E-state index is 13.2. The summed E-state index contributed by atoms with van der Waals surface area (Å²) in [6, 6.07) is 18.9. The third kappa shape index (κ3) is 4.09. The van der Waals surface area contributed by atoms with Crippen LogP contribution >= 0.6 is 0 Å². The Morgan fingerprint density at radius 1 is 1.00 bits per heavy atom. The Bertz CT molecular complexity index is 1340. The van der Waals surface area contributed by atoms with Crippen molar-refractivity contribution in [3.05, 3.63) is 93.8 Å². The molecule has 0 atom stereocenters. The zero-order valence-electron chi connectivity index (χ0n) is 16.8. The van der Waals surface area contributed by atoms with Crippen molar-refractivity contribution in [1.82, 2.24) is 14.1 Å². The Hall–Kier alpha value is -4.20. The molecule has 1 amide bonds. The van der Waals surface area contributed by atoms with Crippen LogP contribution in [0.4, 0.5) is 5.69 Å². The molecule has 2 aromatic carbocycles. The van der Waals surface area contributed by atoms with Gasteiger partial charge in [0.05, 0.1) is 17.7 Å². The van der Waals surface area contributed by atoms with Gasteiger partial charge in [-0.3, -0.25) is 9.59 Å². The van der Waals surface area contributed by atoms with Crippen LogP contribution < -0.4 is 21.3 Å². The number of aromatic nitrogens is 3. The van der Waals surface area contributed by atoms with Crippen LogP contribution in [0.5, 0.6) is 5.75 Å². The van der Waals surface area contributed by atoms with Gasteiger partial charge >= 0.3 is 5.69 Å². The highest BCUT2D eigenvalue weighted by atomic mass is 16.5. The minimum atomic E-state index is -0.635. The first-order chi connectivity index (χ1) is 15.1. The lowest BCUT2D eigenvalue weighted by Crippen LogP contribution is -2.42. The summed E-state index contributed by atoms with van der Waals surface area (Å²) in [4.78, 5) is 43.0. The van der Waals surface area contributed by atoms with Gasteiger partial charge in [-0.05, 0) is 55.5 Å². The molecule has 156 valence electrons. The number of amides is 1. The predicted molar refractivity (Wildman–Crippen MR) is 118 cm³/mol. The number of benzene rings is 2. The van der Waals surface area contributed by atoms with E-state index in [0.717, 1.165) is 4.57 Å². The van der Waals surface area contributed by atoms with Crippen molar-refractivity contribution >= 4 is 22.6 Å². The minimum Gasteiger partial charge on any atom is -0.494 e. The van der Waals surface area contributed by atoms with Gasteiger partial charge in [0, 0.05) is 11.9 Å². The summed E-state index contributed by atoms with van der Waals surface area (Å²) in [5, 5.41) is 2.95. The topological polar surface area (TPSA) is 95.2 Å². The Kier molecular flexibility index (Phi) is 5.61. The number of hydrogen-bond acceptors (Lipinski definition) is 5. The minimum absolute atomic E-state index is 0.242. The van der Waals surface area contributed by atoms with E-state index in [1.807, 2.05) is 13.0 Å². The first kappa shape index (κ1) is 20.1. The fourth-order valence-corrected chi connectivity index (χ4v) is 3.28. The molecule has 1 N–H and O–H groups in total. The average molecular weight is 416 g/mol. The van der Waals surface area contributed by atoms with Crippen LogP contribution in [0.25, 0.3) is 16.7 Å². The van der Waals surface area contributed by atoms with Crippen LogP contribution in [0.3, 0.4) is 0 Å². The summed E-state index contributed by atoms with van der Waals surface area (Å²) in [5.74, 6) is 0.190. The highest BCUT2D eigenvalue weighted by Gasteiger charge is 2.17. The Morgan fingerprint density at radius 3 is 2.45 bits per heavy atom. The van der Waals surface area contributed by atoms with E-state index < -0.39 is 23.7 Å². The number of nitrogens with one attached hydrogen (secondary N) is 1. The second kappa shape index (κ2) is 8.66. The summed E-state index contributed by atoms with van der Waals surface area (Å²) in [7, 11) is 0. The van der Waals surface area contributed by atoms with Gasteiger partial charge in [-0.1, -0.05) is 18.2 Å². The molecule has 0 radical (unpaired) electrons. The van der Waals surface area contributed by atoms with E-state index in [4.69, 9.17) is 4.74 Å². The van der Waals surface area contributed by atoms with Crippen molar-refractivity contribution in [2.75, 3.05) is 11.9 Å². The van der Waals surface area contributed by atoms with Crippen LogP contribution in [-0.2, 0) is 11.3 Å². The number of carbonyl (C=O) groups excluding carboxylic acids is 1. The molecule has 4 rings (SSSR count). The zero-order valence-corrected chi connectivity index (χ0v) is 16.8. The van der Waals surface area contributed by atoms with Gasteiger partial charge in [0.1, 0.15) is 12.3 Å². The van der Waals surface area contributed by atoms with Crippen LogP contribution in [0, 0.1) is 0 Å². The maximum Gasteiger partial charge on any atom is 0.337 e. The van der Waals surface area contributed by atoms with Crippen LogP contribution in [-0.4, -0.2) is 26.6 Å². The maximum atomic E-state index is 13.2. The summed E-state index contributed by atoms with van der Waals surface area (Å²) in [6.45, 7) is 2.00. The molecule has 2 aromatic heterocycles. The summed E-state index contributed by atoms with van der Waals surface area (Å²) < 4.78 is 7.63. The van der Waals surface area contributed by atoms with Crippen molar-refractivity contribution < 1.29 is 9.53 Å². The third-order valence-electron chi connectivity index (χ3n) is 4.66. The predicted octanol–water partition coefficient (Wildman–Crippen LogP) is 2.58. The zero-order chi connectivity index (χ0) is 21.8. The summed E-state index contributed by atoms with van der Waals surface area (Å²) >= 11 is 0. The SMILES string of the molecule is CCOc1ccc(NC(=O)Cn2c(=O)c3cccnc3n(-c3ccccc3)c2=O)cc1. The number of pyridine rings is 1. The lowest BCUT2D eigenvalue weighted by molar-refractivity contribution is -0.116. The fourth-order valence-electron chi connectivity index (χ4n) is 3.28. The van der Waals surface area contributed by atoms with Gasteiger partial charge in [-0.25, -0.2) is 18.9 Å². The number of carbonyl (C=O) groups is 1. The fraction of sp³-hybridized carbons (Fsp3) is 0.130. The number of para-hydroxylation sites is 1. The molecule has 0 aliphatic carbocycles. The number of fused-ring (bicyclic) bond motifs is 1. The number of rotatable bonds is 6. The molecule has 2 heterocycles. The van der Waals surface area contributed by atoms with E-state index in [1.165, 1.54) is 10.8 Å². The molecular formula is C23H20N4O4. The molecule has 0 aliphatic heterocycles. The van der Waals surface area contributed by atoms with Crippen LogP contribution in [0.1, 0.15) is 6.92 Å². The number of nitrogens with zero attached hydrogens (tertiary/aromatic N) is 3. The third-order valence-corrected chi connectivity index (χ3v) is 4.66. The van der Waals surface area contributed by atoms with Gasteiger partial charge in [0.2, 0.25) is 5.91 Å². The van der Waals surface area contributed by atoms with Gasteiger partial charge in [-0.2, -0.15) is 0 Å². The summed E-state index contributed by atoms with van der Waals surface area (Å²) in [6.07, 6.45) is 1.52. The van der Waals surface area contributed by atoms with Crippen LogP contribution in [0.2, 0.25) is 0 Å². The standard InChI is InChI=1S/C23H20N4O4/c1-2-31-18-12-10-16(11-13-18)25-20(28)15-26-22(29)19-9-6-14-24-21(19)27(23(26)30)17-7-4-3-5-8-17/h3-14H,2,15H2,1H3,(H,25,28). The van der Waals surface area contributed by atoms with E-state index in [1.54, 1.807) is 60.7 Å². The van der Waals surface area contributed by atoms with Crippen molar-refractivity contribution in [2.45, 2.75) is 13.5 Å². The molecule has 0 unspecified atom stereocenters. The molecule has 8 heteroatoms. The van der Waals surface area contributed by atoms with E-state index in [0.29, 0.717) is 23.7 Å². The molecular weight excluding hydrogens is 396 g/mol. The second-order valence-electron chi connectivity index (χ2n) is 6.72. The lowest BCUT2D eigenvalue weighted by Gasteiger charge is -2.13. The first-order valence-corrected chi connectivity index (χ1v) is 9.77. The first-order valence-electron chi connectivity index (χ1n) is 9.77. The van der Waals surface area contributed by atoms with Gasteiger partial charge in [-0.15, -0.1) is 0 Å². The van der Waals surface area contributed by atoms with Crippen LogP contribution in [0.15, 0.2) is 82.5 Å². The number of ether oxygens (including phenoxy) is 1. The molecule has 0 saturated heterocycles. The van der Waals surface area contributed by atoms with Gasteiger partial charge < -0.3 is 10.1 Å². The molecule has 0 spiro atoms. The van der Waals surface area contributed by atoms with E-state index in [-0.39, 0.29) is 11.0 Å². The number of anilines is 1. The Balaban J connectivity index is 1.71. The van der Waals surface area contributed by atoms with Crippen molar-refractivity contribution in [3.8, 4) is 11.4 Å². The molecule has 0 aliphatic rings. The number of hydrogen-bond donors (Lipinski definition) is 1. The molecule has 0 saturated carbocycles. The quantitative estimate of drug-likeness (QED) is 0.521. The largest absolute Gasteiger partial charge is 0.494 e. The summed E-state index contributed by atoms with van der Waals surface area (Å²) in [5.41, 5.74) is 0.127. The van der Waals surface area contributed by atoms with Crippen molar-refractivity contribution in [1.29, 1.82) is 0 Å². The van der Waals surface area contributed by atoms with E-state index in [2.05, 4.69) is 10.3 Å².